The fraction of sp³-hybridized carbons (Fsp3) is 0.308. The number of anilines is 1. The predicted octanol–water partition coefficient (Wildman–Crippen LogP) is 2.23. The van der Waals surface area contributed by atoms with E-state index in [4.69, 9.17) is 10.5 Å². The van der Waals surface area contributed by atoms with Gasteiger partial charge in [-0.3, -0.25) is 4.79 Å². The molecule has 0 bridgehead atoms. The van der Waals surface area contributed by atoms with Crippen LogP contribution in [0.5, 0.6) is 0 Å². The Morgan fingerprint density at radius 1 is 1.14 bits per heavy atom. The molecule has 1 unspecified atom stereocenters. The van der Waals surface area contributed by atoms with E-state index < -0.39 is 15.1 Å². The van der Waals surface area contributed by atoms with Crippen LogP contribution in [0.25, 0.3) is 5.57 Å². The summed E-state index contributed by atoms with van der Waals surface area (Å²) in [6, 6.07) is 12.5. The van der Waals surface area contributed by atoms with Gasteiger partial charge in [0, 0.05) is 43.6 Å². The number of ether oxygens (including phenoxy) is 1. The molecule has 2 aromatic carbocycles. The first-order valence-electron chi connectivity index (χ1n) is 11.7. The average molecular weight is 527 g/mol. The second kappa shape index (κ2) is 10.9. The molecule has 2 N–H and O–H groups in total. The number of nitrogens with two attached hydrogens (primary N) is 1. The fourth-order valence-corrected chi connectivity index (χ4v) is 6.04. The molecule has 36 heavy (non-hydrogen) atoms. The smallest absolute Gasteiger partial charge is 0.253 e. The number of aliphatic imine (C=N–C) groups is 1. The first kappa shape index (κ1) is 26.1. The van der Waals surface area contributed by atoms with E-state index in [-0.39, 0.29) is 23.9 Å². The molecule has 0 aromatic heterocycles. The highest BCUT2D eigenvalue weighted by Gasteiger charge is 2.41. The van der Waals surface area contributed by atoms with Crippen LogP contribution >= 0.6 is 9.24 Å². The quantitative estimate of drug-likeness (QED) is 0.257. The molecule has 2 aliphatic rings. The molecule has 1 amide bonds. The fourth-order valence-electron chi connectivity index (χ4n) is 4.14. The number of benzene rings is 2. The molecule has 8 nitrogen and oxygen atoms in total. The van der Waals surface area contributed by atoms with Gasteiger partial charge in [0.2, 0.25) is 0 Å². The molecule has 0 spiro atoms. The number of carbonyl (C=O) groups is 1. The number of amidine groups is 1. The van der Waals surface area contributed by atoms with Gasteiger partial charge in [0.05, 0.1) is 23.9 Å². The first-order valence-corrected chi connectivity index (χ1v) is 13.8. The van der Waals surface area contributed by atoms with Crippen LogP contribution < -0.4 is 15.9 Å². The van der Waals surface area contributed by atoms with Gasteiger partial charge in [-0.1, -0.05) is 24.8 Å². The summed E-state index contributed by atoms with van der Waals surface area (Å²) in [5.41, 5.74) is 8.37. The maximum absolute atomic E-state index is 13.7. The van der Waals surface area contributed by atoms with Gasteiger partial charge in [0.15, 0.2) is 9.84 Å². The molecule has 0 saturated carbocycles. The lowest BCUT2D eigenvalue weighted by Gasteiger charge is -2.39. The molecule has 0 radical (unpaired) electrons. The van der Waals surface area contributed by atoms with Crippen molar-refractivity contribution in [3.63, 3.8) is 0 Å². The second-order valence-electron chi connectivity index (χ2n) is 8.87. The van der Waals surface area contributed by atoms with Gasteiger partial charge in [0.25, 0.3) is 5.91 Å². The van der Waals surface area contributed by atoms with Crippen molar-refractivity contribution in [2.24, 2.45) is 10.7 Å². The topological polar surface area (TPSA) is 105 Å². The third-order valence-electron chi connectivity index (χ3n) is 6.29. The van der Waals surface area contributed by atoms with E-state index in [2.05, 4.69) is 25.7 Å². The van der Waals surface area contributed by atoms with Crippen LogP contribution in [0.4, 0.5) is 5.69 Å². The lowest BCUT2D eigenvalue weighted by molar-refractivity contribution is 0.0659. The van der Waals surface area contributed by atoms with Gasteiger partial charge in [-0.15, -0.1) is 9.24 Å². The first-order chi connectivity index (χ1) is 17.2. The Balaban J connectivity index is 1.63. The molecule has 2 saturated heterocycles. The van der Waals surface area contributed by atoms with Crippen molar-refractivity contribution in [1.82, 2.24) is 4.90 Å². The van der Waals surface area contributed by atoms with Gasteiger partial charge in [-0.2, -0.15) is 0 Å². The summed E-state index contributed by atoms with van der Waals surface area (Å²) in [5, 5.41) is 0.308. The minimum atomic E-state index is -3.69. The van der Waals surface area contributed by atoms with Crippen molar-refractivity contribution in [3.8, 4) is 0 Å². The summed E-state index contributed by atoms with van der Waals surface area (Å²) in [7, 11) is -1.11. The Labute approximate surface area is 214 Å². The number of amides is 1. The number of morpholine rings is 1. The summed E-state index contributed by atoms with van der Waals surface area (Å²) in [5.74, 6) is 0.221. The Bertz CT molecular complexity index is 1310. The Kier molecular flexibility index (Phi) is 7.93. The van der Waals surface area contributed by atoms with E-state index in [1.807, 2.05) is 18.2 Å². The van der Waals surface area contributed by atoms with Crippen molar-refractivity contribution in [2.45, 2.75) is 17.1 Å². The van der Waals surface area contributed by atoms with Crippen LogP contribution in [0.3, 0.4) is 0 Å². The number of hydrogen-bond acceptors (Lipinski definition) is 6. The van der Waals surface area contributed by atoms with E-state index in [1.165, 1.54) is 0 Å². The summed E-state index contributed by atoms with van der Waals surface area (Å²) in [6.45, 7) is 8.33. The molecule has 4 rings (SSSR count). The molecule has 2 fully saturated rings. The van der Waals surface area contributed by atoms with Crippen molar-refractivity contribution in [1.29, 1.82) is 0 Å². The normalized spacial score (nSPS) is 17.6. The molecular weight excluding hydrogens is 495 g/mol. The van der Waals surface area contributed by atoms with Crippen LogP contribution in [-0.2, 0) is 14.6 Å². The van der Waals surface area contributed by atoms with Gasteiger partial charge in [0.1, 0.15) is 5.25 Å². The maximum Gasteiger partial charge on any atom is 0.253 e. The Hall–Kier alpha value is -3.00. The molecule has 2 heterocycles. The van der Waals surface area contributed by atoms with Crippen LogP contribution in [0, 0.1) is 0 Å². The van der Waals surface area contributed by atoms with E-state index in [0.717, 1.165) is 11.0 Å². The molecule has 1 atom stereocenters. The van der Waals surface area contributed by atoms with Crippen LogP contribution in [0.1, 0.15) is 22.8 Å². The van der Waals surface area contributed by atoms with Crippen LogP contribution in [0.15, 0.2) is 71.2 Å². The number of rotatable bonds is 7. The van der Waals surface area contributed by atoms with E-state index in [1.54, 1.807) is 48.4 Å². The van der Waals surface area contributed by atoms with Crippen molar-refractivity contribution in [2.75, 3.05) is 44.3 Å². The predicted molar refractivity (Wildman–Crippen MR) is 148 cm³/mol. The highest BCUT2D eigenvalue weighted by Crippen LogP contribution is 2.32. The molecule has 2 aliphatic heterocycles. The highest BCUT2D eigenvalue weighted by molar-refractivity contribution is 7.92. The Morgan fingerprint density at radius 3 is 2.42 bits per heavy atom. The highest BCUT2D eigenvalue weighted by atomic mass is 32.2. The van der Waals surface area contributed by atoms with E-state index >= 15 is 0 Å². The van der Waals surface area contributed by atoms with Crippen molar-refractivity contribution in [3.05, 3.63) is 72.4 Å². The number of carbonyl (C=O) groups excluding carboxylic acids is 1. The minimum Gasteiger partial charge on any atom is -0.387 e. The summed E-state index contributed by atoms with van der Waals surface area (Å²) in [6.07, 6.45) is 3.21. The minimum absolute atomic E-state index is 0.154. The van der Waals surface area contributed by atoms with Gasteiger partial charge in [-0.25, -0.2) is 13.4 Å². The third kappa shape index (κ3) is 5.69. The number of nitrogens with zero attached hydrogens (tertiary/aromatic N) is 3. The summed E-state index contributed by atoms with van der Waals surface area (Å²) >= 11 is 0. The SMILES string of the molecule is C=C/C(=C\N=C(/C)N)c1cc(N2CCOCC2)cc(S(=O)(=O)C2CN(C(=O)c3ccc(P)cc3)C2)c1. The molecule has 2 aromatic rings. The van der Waals surface area contributed by atoms with Crippen LogP contribution in [-0.4, -0.2) is 69.7 Å². The number of hydrogen-bond donors (Lipinski definition) is 1. The van der Waals surface area contributed by atoms with E-state index in [0.29, 0.717) is 48.8 Å². The zero-order valence-electron chi connectivity index (χ0n) is 20.3. The molecule has 10 heteroatoms. The maximum atomic E-state index is 13.7. The summed E-state index contributed by atoms with van der Waals surface area (Å²) in [4.78, 5) is 20.8. The zero-order chi connectivity index (χ0) is 25.9. The Morgan fingerprint density at radius 2 is 1.81 bits per heavy atom. The monoisotopic (exact) mass is 526 g/mol. The van der Waals surface area contributed by atoms with E-state index in [9.17, 15) is 13.2 Å². The molecule has 190 valence electrons. The molecule has 0 aliphatic carbocycles. The lowest BCUT2D eigenvalue weighted by Crippen LogP contribution is -2.56. The van der Waals surface area contributed by atoms with Gasteiger partial charge in [-0.05, 0) is 53.7 Å². The lowest BCUT2D eigenvalue weighted by atomic mass is 10.1. The molecular formula is C26H31N4O4PS. The van der Waals surface area contributed by atoms with Crippen molar-refractivity contribution < 1.29 is 17.9 Å². The zero-order valence-corrected chi connectivity index (χ0v) is 22.2. The van der Waals surface area contributed by atoms with Crippen LogP contribution in [0.2, 0.25) is 0 Å². The standard InChI is InChI=1S/C26H31N4O4PS/c1-3-19(15-28-18(2)27)21-12-22(29-8-10-34-11-9-29)14-24(13-21)36(32,33)25-16-30(17-25)26(31)20-4-6-23(35)7-5-20/h3-7,12-15,25H,1,8-11,16-17,35H2,2H3,(H2,27,28)/b19-15+. The second-order valence-corrected chi connectivity index (χ2v) is 11.8. The summed E-state index contributed by atoms with van der Waals surface area (Å²) < 4.78 is 32.8. The van der Waals surface area contributed by atoms with Gasteiger partial charge >= 0.3 is 0 Å². The van der Waals surface area contributed by atoms with Gasteiger partial charge < -0.3 is 20.3 Å². The largest absolute Gasteiger partial charge is 0.387 e. The number of sulfone groups is 1. The van der Waals surface area contributed by atoms with Crippen molar-refractivity contribution >= 4 is 47.4 Å². The average Bonchev–Trinajstić information content (AvgIpc) is 2.84. The third-order valence-corrected chi connectivity index (χ3v) is 8.74. The number of likely N-dealkylation sites (tertiary alicyclic amines) is 1. The number of allylic oxidation sites excluding steroid dienone is 2.